The molecule has 0 fully saturated rings. The molecule has 0 saturated heterocycles. The third kappa shape index (κ3) is 2.20. The molecule has 0 saturated carbocycles. The molecule has 0 radical (unpaired) electrons. The Morgan fingerprint density at radius 3 is 2.38 bits per heavy atom. The molecule has 1 rings (SSSR count). The summed E-state index contributed by atoms with van der Waals surface area (Å²) < 4.78 is 0. The molecule has 2 heteroatoms. The van der Waals surface area contributed by atoms with E-state index >= 15 is 0 Å². The van der Waals surface area contributed by atoms with Gasteiger partial charge in [0.1, 0.15) is 0 Å². The van der Waals surface area contributed by atoms with E-state index in [1.807, 2.05) is 6.08 Å². The maximum absolute atomic E-state index is 11.5. The molecule has 1 aliphatic carbocycles. The monoisotopic (exact) mass is 179 g/mol. The maximum atomic E-state index is 11.5. The van der Waals surface area contributed by atoms with Crippen molar-refractivity contribution < 1.29 is 4.79 Å². The van der Waals surface area contributed by atoms with Crippen LogP contribution in [0.1, 0.15) is 20.3 Å². The molecule has 0 aliphatic heterocycles. The molecule has 0 aromatic heterocycles. The van der Waals surface area contributed by atoms with Crippen LogP contribution in [0.25, 0.3) is 0 Å². The fourth-order valence-electron chi connectivity index (χ4n) is 1.38. The van der Waals surface area contributed by atoms with E-state index in [0.29, 0.717) is 5.92 Å². The number of hydrogen-bond donors (Lipinski definition) is 0. The second-order valence-electron chi connectivity index (χ2n) is 3.96. The molecule has 13 heavy (non-hydrogen) atoms. The highest BCUT2D eigenvalue weighted by Crippen LogP contribution is 2.25. The number of nitrogens with zero attached hydrogens (tertiary/aromatic N) is 1. The number of rotatable bonds is 2. The van der Waals surface area contributed by atoms with Gasteiger partial charge in [-0.1, -0.05) is 31.6 Å². The van der Waals surface area contributed by atoms with Crippen molar-refractivity contribution in [1.29, 1.82) is 0 Å². The van der Waals surface area contributed by atoms with E-state index in [1.54, 1.807) is 19.0 Å². The van der Waals surface area contributed by atoms with Gasteiger partial charge >= 0.3 is 0 Å². The first-order valence-electron chi connectivity index (χ1n) is 4.63. The molecule has 0 N–H and O–H groups in total. The molecule has 1 aliphatic rings. The smallest absolute Gasteiger partial charge is 0.249 e. The van der Waals surface area contributed by atoms with Crippen molar-refractivity contribution in [2.75, 3.05) is 14.1 Å². The van der Waals surface area contributed by atoms with Gasteiger partial charge in [-0.15, -0.1) is 0 Å². The number of carbonyl (C=O) groups is 1. The zero-order chi connectivity index (χ0) is 10.0. The third-order valence-corrected chi connectivity index (χ3v) is 2.32. The topological polar surface area (TPSA) is 20.3 Å². The molecule has 0 aromatic rings. The molecular formula is C11H17NO. The molecule has 0 unspecified atom stereocenters. The highest BCUT2D eigenvalue weighted by atomic mass is 16.2. The van der Waals surface area contributed by atoms with E-state index in [1.165, 1.54) is 5.57 Å². The van der Waals surface area contributed by atoms with Crippen LogP contribution >= 0.6 is 0 Å². The second-order valence-corrected chi connectivity index (χ2v) is 3.96. The van der Waals surface area contributed by atoms with Gasteiger partial charge in [-0.05, 0) is 12.3 Å². The summed E-state index contributed by atoms with van der Waals surface area (Å²) >= 11 is 0. The number of hydrogen-bond acceptors (Lipinski definition) is 1. The molecule has 1 amide bonds. The fraction of sp³-hybridized carbons (Fsp3) is 0.545. The lowest BCUT2D eigenvalue weighted by Crippen LogP contribution is -2.23. The summed E-state index contributed by atoms with van der Waals surface area (Å²) in [7, 11) is 3.58. The van der Waals surface area contributed by atoms with Crippen molar-refractivity contribution in [3.8, 4) is 0 Å². The minimum Gasteiger partial charge on any atom is -0.345 e. The van der Waals surface area contributed by atoms with E-state index in [9.17, 15) is 4.79 Å². The van der Waals surface area contributed by atoms with Crippen LogP contribution in [0.3, 0.4) is 0 Å². The predicted molar refractivity (Wildman–Crippen MR) is 54.3 cm³/mol. The first-order valence-corrected chi connectivity index (χ1v) is 4.63. The van der Waals surface area contributed by atoms with E-state index in [2.05, 4.69) is 19.9 Å². The van der Waals surface area contributed by atoms with Gasteiger partial charge in [0.25, 0.3) is 0 Å². The van der Waals surface area contributed by atoms with Crippen LogP contribution in [0, 0.1) is 5.92 Å². The van der Waals surface area contributed by atoms with Crippen molar-refractivity contribution in [3.05, 3.63) is 23.3 Å². The summed E-state index contributed by atoms with van der Waals surface area (Å²) in [5.41, 5.74) is 2.26. The lowest BCUT2D eigenvalue weighted by molar-refractivity contribution is -0.124. The van der Waals surface area contributed by atoms with Gasteiger partial charge in [0.05, 0.1) is 0 Å². The maximum Gasteiger partial charge on any atom is 0.249 e. The SMILES string of the molecule is CC(C)C1=CC=C(C(=O)N(C)C)C1. The number of likely N-dealkylation sites (N-methyl/N-ethyl adjacent to an activating group) is 1. The standard InChI is InChI=1S/C11H17NO/c1-8(2)9-5-6-10(7-9)11(13)12(3)4/h5-6,8H,7H2,1-4H3. The molecular weight excluding hydrogens is 162 g/mol. The van der Waals surface area contributed by atoms with Crippen molar-refractivity contribution in [2.24, 2.45) is 5.92 Å². The van der Waals surface area contributed by atoms with Gasteiger partial charge in [0.2, 0.25) is 5.91 Å². The quantitative estimate of drug-likeness (QED) is 0.634. The molecule has 0 aromatic carbocycles. The molecule has 0 bridgehead atoms. The normalized spacial score (nSPS) is 15.8. The van der Waals surface area contributed by atoms with Crippen molar-refractivity contribution >= 4 is 5.91 Å². The van der Waals surface area contributed by atoms with Crippen LogP contribution in [-0.4, -0.2) is 24.9 Å². The van der Waals surface area contributed by atoms with E-state index in [0.717, 1.165) is 12.0 Å². The van der Waals surface area contributed by atoms with Crippen LogP contribution in [0.4, 0.5) is 0 Å². The number of allylic oxidation sites excluding steroid dienone is 3. The van der Waals surface area contributed by atoms with Crippen LogP contribution in [0.5, 0.6) is 0 Å². The Morgan fingerprint density at radius 1 is 1.38 bits per heavy atom. The molecule has 0 atom stereocenters. The summed E-state index contributed by atoms with van der Waals surface area (Å²) in [5.74, 6) is 0.676. The van der Waals surface area contributed by atoms with E-state index in [4.69, 9.17) is 0 Å². The lowest BCUT2D eigenvalue weighted by Gasteiger charge is -2.12. The third-order valence-electron chi connectivity index (χ3n) is 2.32. The van der Waals surface area contributed by atoms with Gasteiger partial charge in [0, 0.05) is 19.7 Å². The summed E-state index contributed by atoms with van der Waals surface area (Å²) in [6.45, 7) is 4.31. The second kappa shape index (κ2) is 3.77. The average Bonchev–Trinajstić information content (AvgIpc) is 2.50. The Morgan fingerprint density at radius 2 is 2.00 bits per heavy atom. The van der Waals surface area contributed by atoms with Gasteiger partial charge < -0.3 is 4.90 Å². The zero-order valence-electron chi connectivity index (χ0n) is 8.79. The summed E-state index contributed by atoms with van der Waals surface area (Å²) in [4.78, 5) is 13.2. The number of amides is 1. The van der Waals surface area contributed by atoms with Gasteiger partial charge in [-0.3, -0.25) is 4.79 Å². The van der Waals surface area contributed by atoms with Crippen LogP contribution < -0.4 is 0 Å². The summed E-state index contributed by atoms with van der Waals surface area (Å²) in [6, 6.07) is 0. The summed E-state index contributed by atoms with van der Waals surface area (Å²) in [5, 5.41) is 0. The Kier molecular flexibility index (Phi) is 2.91. The molecule has 2 nitrogen and oxygen atoms in total. The highest BCUT2D eigenvalue weighted by Gasteiger charge is 2.18. The Labute approximate surface area is 79.9 Å². The Hall–Kier alpha value is -1.05. The van der Waals surface area contributed by atoms with Gasteiger partial charge in [-0.25, -0.2) is 0 Å². The van der Waals surface area contributed by atoms with Crippen LogP contribution in [0.15, 0.2) is 23.3 Å². The van der Waals surface area contributed by atoms with Crippen LogP contribution in [0.2, 0.25) is 0 Å². The average molecular weight is 179 g/mol. The Bertz CT molecular complexity index is 272. The van der Waals surface area contributed by atoms with E-state index in [-0.39, 0.29) is 5.91 Å². The lowest BCUT2D eigenvalue weighted by atomic mass is 10.0. The highest BCUT2D eigenvalue weighted by molar-refractivity contribution is 5.94. The molecule has 0 heterocycles. The number of carbonyl (C=O) groups excluding carboxylic acids is 1. The largest absolute Gasteiger partial charge is 0.345 e. The van der Waals surface area contributed by atoms with Crippen molar-refractivity contribution in [1.82, 2.24) is 4.90 Å². The molecule has 72 valence electrons. The minimum atomic E-state index is 0.131. The zero-order valence-corrected chi connectivity index (χ0v) is 8.79. The minimum absolute atomic E-state index is 0.131. The van der Waals surface area contributed by atoms with Gasteiger partial charge in [0.15, 0.2) is 0 Å². The fourth-order valence-corrected chi connectivity index (χ4v) is 1.38. The summed E-state index contributed by atoms with van der Waals surface area (Å²) in [6.07, 6.45) is 4.84. The van der Waals surface area contributed by atoms with Crippen molar-refractivity contribution in [2.45, 2.75) is 20.3 Å². The predicted octanol–water partition coefficient (Wildman–Crippen LogP) is 1.99. The van der Waals surface area contributed by atoms with Crippen molar-refractivity contribution in [3.63, 3.8) is 0 Å². The van der Waals surface area contributed by atoms with Gasteiger partial charge in [-0.2, -0.15) is 0 Å². The molecule has 0 spiro atoms. The first-order chi connectivity index (χ1) is 6.02. The Balaban J connectivity index is 2.59. The van der Waals surface area contributed by atoms with Crippen LogP contribution in [-0.2, 0) is 4.79 Å². The van der Waals surface area contributed by atoms with E-state index < -0.39 is 0 Å². The first kappa shape index (κ1) is 10.0.